The van der Waals surface area contributed by atoms with Gasteiger partial charge in [-0.05, 0) is 27.7 Å². The van der Waals surface area contributed by atoms with Crippen molar-refractivity contribution in [2.24, 2.45) is 0 Å². The molecule has 0 radical (unpaired) electrons. The number of rotatable bonds is 3. The summed E-state index contributed by atoms with van der Waals surface area (Å²) in [5, 5.41) is 6.69. The molecule has 0 spiro atoms. The lowest BCUT2D eigenvalue weighted by Crippen LogP contribution is -2.54. The Morgan fingerprint density at radius 2 is 1.81 bits per heavy atom. The first-order valence-electron chi connectivity index (χ1n) is 7.03. The van der Waals surface area contributed by atoms with Crippen molar-refractivity contribution in [3.05, 3.63) is 11.4 Å². The molecule has 21 heavy (non-hydrogen) atoms. The van der Waals surface area contributed by atoms with Gasteiger partial charge in [-0.15, -0.1) is 11.6 Å². The van der Waals surface area contributed by atoms with E-state index in [0.29, 0.717) is 24.5 Å². The molecule has 120 valence electrons. The minimum Gasteiger partial charge on any atom is -0.296 e. The zero-order valence-corrected chi connectivity index (χ0v) is 14.6. The van der Waals surface area contributed by atoms with Crippen molar-refractivity contribution in [2.45, 2.75) is 44.0 Å². The summed E-state index contributed by atoms with van der Waals surface area (Å²) in [6, 6.07) is 0. The molecule has 0 atom stereocenters. The van der Waals surface area contributed by atoms with E-state index in [4.69, 9.17) is 11.6 Å². The molecule has 1 fully saturated rings. The van der Waals surface area contributed by atoms with E-state index in [1.807, 2.05) is 0 Å². The number of hydrogen-bond acceptors (Lipinski definition) is 4. The van der Waals surface area contributed by atoms with Crippen LogP contribution in [-0.4, -0.2) is 59.5 Å². The molecule has 6 nitrogen and oxygen atoms in total. The molecule has 1 aromatic rings. The van der Waals surface area contributed by atoms with Crippen LogP contribution in [0.1, 0.15) is 32.2 Å². The van der Waals surface area contributed by atoms with Crippen LogP contribution in [0.3, 0.4) is 0 Å². The summed E-state index contributed by atoms with van der Waals surface area (Å²) in [7, 11) is -3.53. The van der Waals surface area contributed by atoms with Crippen LogP contribution in [0.4, 0.5) is 0 Å². The van der Waals surface area contributed by atoms with Crippen LogP contribution in [0.2, 0.25) is 0 Å². The zero-order valence-electron chi connectivity index (χ0n) is 13.0. The van der Waals surface area contributed by atoms with Crippen molar-refractivity contribution in [2.75, 3.05) is 26.2 Å². The van der Waals surface area contributed by atoms with Gasteiger partial charge >= 0.3 is 0 Å². The Labute approximate surface area is 131 Å². The minimum absolute atomic E-state index is 0.0582. The van der Waals surface area contributed by atoms with Crippen molar-refractivity contribution in [3.63, 3.8) is 0 Å². The third-order valence-electron chi connectivity index (χ3n) is 3.87. The molecule has 0 saturated carbocycles. The van der Waals surface area contributed by atoms with E-state index >= 15 is 0 Å². The summed E-state index contributed by atoms with van der Waals surface area (Å²) in [5.74, 6) is 0.0842. The van der Waals surface area contributed by atoms with Gasteiger partial charge in [-0.2, -0.15) is 9.40 Å². The summed E-state index contributed by atoms with van der Waals surface area (Å²) < 4.78 is 27.1. The fourth-order valence-electron chi connectivity index (χ4n) is 2.63. The molecule has 0 amide bonds. The molecule has 1 aliphatic heterocycles. The molecule has 2 rings (SSSR count). The largest absolute Gasteiger partial charge is 0.296 e. The number of hydrogen-bond donors (Lipinski definition) is 1. The van der Waals surface area contributed by atoms with Crippen molar-refractivity contribution >= 4 is 21.6 Å². The lowest BCUT2D eigenvalue weighted by atomic mass is 10.1. The summed E-state index contributed by atoms with van der Waals surface area (Å²) >= 11 is 5.80. The highest BCUT2D eigenvalue weighted by Gasteiger charge is 2.35. The summed E-state index contributed by atoms with van der Waals surface area (Å²) in [5.41, 5.74) is 0.999. The normalized spacial score (nSPS) is 19.1. The quantitative estimate of drug-likeness (QED) is 0.852. The van der Waals surface area contributed by atoms with Gasteiger partial charge in [0, 0.05) is 31.7 Å². The van der Waals surface area contributed by atoms with Gasteiger partial charge in [0.05, 0.1) is 17.3 Å². The number of aromatic nitrogens is 2. The summed E-state index contributed by atoms with van der Waals surface area (Å²) in [6.45, 7) is 10.6. The SMILES string of the molecule is Cc1[nH]nc(CCl)c1S(=O)(=O)N1CCN(C(C)(C)C)CC1. The van der Waals surface area contributed by atoms with Crippen LogP contribution in [0.5, 0.6) is 0 Å². The lowest BCUT2D eigenvalue weighted by molar-refractivity contribution is 0.0921. The molecular weight excluding hydrogens is 312 g/mol. The fourth-order valence-corrected chi connectivity index (χ4v) is 4.65. The smallest absolute Gasteiger partial charge is 0.246 e. The van der Waals surface area contributed by atoms with E-state index in [1.165, 1.54) is 4.31 Å². The number of sulfonamides is 1. The molecular formula is C13H23ClN4O2S. The maximum absolute atomic E-state index is 12.8. The molecule has 1 aliphatic rings. The van der Waals surface area contributed by atoms with Gasteiger partial charge in [0.25, 0.3) is 0 Å². The average molecular weight is 335 g/mol. The number of alkyl halides is 1. The first-order chi connectivity index (χ1) is 9.67. The monoisotopic (exact) mass is 334 g/mol. The van der Waals surface area contributed by atoms with Crippen molar-refractivity contribution < 1.29 is 8.42 Å². The molecule has 0 aliphatic carbocycles. The molecule has 0 bridgehead atoms. The number of halogens is 1. The van der Waals surface area contributed by atoms with Crippen molar-refractivity contribution in [3.8, 4) is 0 Å². The van der Waals surface area contributed by atoms with Crippen LogP contribution in [-0.2, 0) is 15.9 Å². The van der Waals surface area contributed by atoms with Crippen LogP contribution in [0, 0.1) is 6.92 Å². The molecule has 1 aromatic heterocycles. The second-order valence-electron chi connectivity index (χ2n) is 6.32. The van der Waals surface area contributed by atoms with Crippen LogP contribution < -0.4 is 0 Å². The standard InChI is InChI=1S/C13H23ClN4O2S/c1-10-12(11(9-14)16-15-10)21(19,20)18-7-5-17(6-8-18)13(2,3)4/h5-9H2,1-4H3,(H,15,16). The maximum atomic E-state index is 12.8. The number of piperazine rings is 1. The van der Waals surface area contributed by atoms with Gasteiger partial charge in [0.15, 0.2) is 0 Å². The molecule has 0 unspecified atom stereocenters. The van der Waals surface area contributed by atoms with Crippen molar-refractivity contribution in [1.82, 2.24) is 19.4 Å². The number of aromatic amines is 1. The van der Waals surface area contributed by atoms with Crippen LogP contribution >= 0.6 is 11.6 Å². The first kappa shape index (κ1) is 16.7. The van der Waals surface area contributed by atoms with E-state index in [-0.39, 0.29) is 16.3 Å². The third kappa shape index (κ3) is 3.26. The predicted molar refractivity (Wildman–Crippen MR) is 83.0 cm³/mol. The van der Waals surface area contributed by atoms with Crippen LogP contribution in [0.25, 0.3) is 0 Å². The molecule has 1 saturated heterocycles. The van der Waals surface area contributed by atoms with Crippen LogP contribution in [0.15, 0.2) is 4.90 Å². The van der Waals surface area contributed by atoms with E-state index < -0.39 is 10.0 Å². The lowest BCUT2D eigenvalue weighted by Gasteiger charge is -2.41. The highest BCUT2D eigenvalue weighted by molar-refractivity contribution is 7.89. The topological polar surface area (TPSA) is 69.3 Å². The molecule has 1 N–H and O–H groups in total. The van der Waals surface area contributed by atoms with Crippen molar-refractivity contribution in [1.29, 1.82) is 0 Å². The van der Waals surface area contributed by atoms with Gasteiger partial charge < -0.3 is 0 Å². The number of aryl methyl sites for hydroxylation is 1. The number of H-pyrrole nitrogens is 1. The Morgan fingerprint density at radius 1 is 1.24 bits per heavy atom. The highest BCUT2D eigenvalue weighted by Crippen LogP contribution is 2.25. The highest BCUT2D eigenvalue weighted by atomic mass is 35.5. The second kappa shape index (κ2) is 5.87. The predicted octanol–water partition coefficient (Wildman–Crippen LogP) is 1.56. The molecule has 0 aromatic carbocycles. The van der Waals surface area contributed by atoms with E-state index in [1.54, 1.807) is 6.92 Å². The van der Waals surface area contributed by atoms with Gasteiger partial charge in [-0.25, -0.2) is 8.42 Å². The minimum atomic E-state index is -3.53. The Kier molecular flexibility index (Phi) is 4.68. The van der Waals surface area contributed by atoms with E-state index in [9.17, 15) is 8.42 Å². The van der Waals surface area contributed by atoms with Gasteiger partial charge in [0.2, 0.25) is 10.0 Å². The second-order valence-corrected chi connectivity index (χ2v) is 8.46. The molecule has 2 heterocycles. The Morgan fingerprint density at radius 3 is 2.29 bits per heavy atom. The van der Waals surface area contributed by atoms with Gasteiger partial charge in [-0.1, -0.05) is 0 Å². The summed E-state index contributed by atoms with van der Waals surface area (Å²) in [4.78, 5) is 2.53. The Hall–Kier alpha value is -0.630. The zero-order chi connectivity index (χ0) is 15.8. The van der Waals surface area contributed by atoms with Gasteiger partial charge in [-0.3, -0.25) is 10.00 Å². The number of nitrogens with zero attached hydrogens (tertiary/aromatic N) is 3. The summed E-state index contributed by atoms with van der Waals surface area (Å²) in [6.07, 6.45) is 0. The Bertz CT molecular complexity index is 598. The van der Waals surface area contributed by atoms with E-state index in [2.05, 4.69) is 35.9 Å². The Balaban J connectivity index is 2.21. The fraction of sp³-hybridized carbons (Fsp3) is 0.769. The van der Waals surface area contributed by atoms with E-state index in [0.717, 1.165) is 13.1 Å². The van der Waals surface area contributed by atoms with Gasteiger partial charge in [0.1, 0.15) is 4.90 Å². The first-order valence-corrected chi connectivity index (χ1v) is 9.00. The maximum Gasteiger partial charge on any atom is 0.246 e. The third-order valence-corrected chi connectivity index (χ3v) is 6.23. The number of nitrogens with one attached hydrogen (secondary N) is 1. The molecule has 8 heteroatoms. The average Bonchev–Trinajstić information content (AvgIpc) is 2.79.